The van der Waals surface area contributed by atoms with Gasteiger partial charge in [0.25, 0.3) is 0 Å². The van der Waals surface area contributed by atoms with E-state index in [9.17, 15) is 13.6 Å². The molecule has 0 spiro atoms. The van der Waals surface area contributed by atoms with Gasteiger partial charge in [-0.25, -0.2) is 13.6 Å². The van der Waals surface area contributed by atoms with Crippen molar-refractivity contribution in [2.75, 3.05) is 13.7 Å². The van der Waals surface area contributed by atoms with Crippen LogP contribution < -0.4 is 9.47 Å². The van der Waals surface area contributed by atoms with E-state index in [1.165, 1.54) is 7.11 Å². The number of ether oxygens (including phenoxy) is 3. The van der Waals surface area contributed by atoms with Gasteiger partial charge in [-0.2, -0.15) is 0 Å². The van der Waals surface area contributed by atoms with Crippen molar-refractivity contribution in [3.05, 3.63) is 65.9 Å². The van der Waals surface area contributed by atoms with Crippen LogP contribution >= 0.6 is 0 Å². The maximum atomic E-state index is 13.6. The van der Waals surface area contributed by atoms with Crippen molar-refractivity contribution in [2.24, 2.45) is 0 Å². The summed E-state index contributed by atoms with van der Waals surface area (Å²) in [6, 6.07) is 9.52. The number of hydrogen-bond acceptors (Lipinski definition) is 4. The first-order valence-corrected chi connectivity index (χ1v) is 7.18. The fourth-order valence-corrected chi connectivity index (χ4v) is 1.91. The Labute approximate surface area is 138 Å². The van der Waals surface area contributed by atoms with Gasteiger partial charge in [-0.3, -0.25) is 0 Å². The number of hydrogen-bond donors (Lipinski definition) is 0. The Balaban J connectivity index is 2.32. The minimum Gasteiger partial charge on any atom is -0.497 e. The third kappa shape index (κ3) is 4.32. The van der Waals surface area contributed by atoms with Gasteiger partial charge in [-0.15, -0.1) is 0 Å². The number of methoxy groups -OCH3 is 1. The minimum atomic E-state index is -0.871. The molecule has 0 aliphatic heterocycles. The van der Waals surface area contributed by atoms with Crippen molar-refractivity contribution in [2.45, 2.75) is 6.92 Å². The fraction of sp³-hybridized carbons (Fsp3) is 0.167. The van der Waals surface area contributed by atoms with E-state index >= 15 is 0 Å². The molecule has 2 rings (SSSR count). The van der Waals surface area contributed by atoms with Gasteiger partial charge in [-0.05, 0) is 36.8 Å². The van der Waals surface area contributed by atoms with Gasteiger partial charge in [0.1, 0.15) is 23.4 Å². The van der Waals surface area contributed by atoms with Crippen LogP contribution in [0.25, 0.3) is 5.57 Å². The van der Waals surface area contributed by atoms with Gasteiger partial charge >= 0.3 is 5.97 Å². The molecule has 4 nitrogen and oxygen atoms in total. The minimum absolute atomic E-state index is 0.100. The largest absolute Gasteiger partial charge is 0.497 e. The Morgan fingerprint density at radius 1 is 1.12 bits per heavy atom. The first-order valence-electron chi connectivity index (χ1n) is 7.18. The Morgan fingerprint density at radius 3 is 2.42 bits per heavy atom. The molecule has 2 aromatic rings. The molecule has 0 unspecified atom stereocenters. The summed E-state index contributed by atoms with van der Waals surface area (Å²) in [5, 5.41) is 0. The zero-order valence-electron chi connectivity index (χ0n) is 13.2. The average Bonchev–Trinajstić information content (AvgIpc) is 2.57. The zero-order chi connectivity index (χ0) is 17.5. The number of carbonyl (C=O) groups is 1. The van der Waals surface area contributed by atoms with Crippen molar-refractivity contribution in [1.29, 1.82) is 0 Å². The molecule has 0 bridgehead atoms. The highest BCUT2D eigenvalue weighted by Gasteiger charge is 2.15. The molecule has 6 heteroatoms. The van der Waals surface area contributed by atoms with Gasteiger partial charge in [0, 0.05) is 6.07 Å². The van der Waals surface area contributed by atoms with E-state index in [4.69, 9.17) is 14.2 Å². The molecule has 0 N–H and O–H groups in total. The molecule has 0 atom stereocenters. The lowest BCUT2D eigenvalue weighted by Gasteiger charge is -2.09. The Hall–Kier alpha value is -2.89. The van der Waals surface area contributed by atoms with Crippen LogP contribution in [0.5, 0.6) is 11.5 Å². The maximum absolute atomic E-state index is 13.6. The smallest absolute Gasteiger partial charge is 0.341 e. The molecule has 0 saturated heterocycles. The van der Waals surface area contributed by atoms with Gasteiger partial charge in [0.15, 0.2) is 11.6 Å². The summed E-state index contributed by atoms with van der Waals surface area (Å²) in [6.07, 6.45) is 1.08. The summed E-state index contributed by atoms with van der Waals surface area (Å²) in [6.45, 7) is 1.85. The van der Waals surface area contributed by atoms with Crippen LogP contribution in [0.3, 0.4) is 0 Å². The van der Waals surface area contributed by atoms with Gasteiger partial charge < -0.3 is 14.2 Å². The summed E-state index contributed by atoms with van der Waals surface area (Å²) in [7, 11) is 1.53. The fourth-order valence-electron chi connectivity index (χ4n) is 1.91. The molecule has 24 heavy (non-hydrogen) atoms. The Kier molecular flexibility index (Phi) is 5.89. The summed E-state index contributed by atoms with van der Waals surface area (Å²) in [5.74, 6) is -1.79. The molecule has 0 fully saturated rings. The third-order valence-corrected chi connectivity index (χ3v) is 3.09. The second-order valence-corrected chi connectivity index (χ2v) is 4.67. The van der Waals surface area contributed by atoms with Crippen LogP contribution in [0.2, 0.25) is 0 Å². The zero-order valence-corrected chi connectivity index (χ0v) is 13.2. The maximum Gasteiger partial charge on any atom is 0.341 e. The molecule has 126 valence electrons. The van der Waals surface area contributed by atoms with Crippen molar-refractivity contribution in [3.63, 3.8) is 0 Å². The number of carbonyl (C=O) groups excluding carboxylic acids is 1. The molecule has 0 heterocycles. The van der Waals surface area contributed by atoms with Crippen LogP contribution in [-0.2, 0) is 9.53 Å². The van der Waals surface area contributed by atoms with Crippen LogP contribution in [0, 0.1) is 11.6 Å². The summed E-state index contributed by atoms with van der Waals surface area (Å²) in [5.41, 5.74) is 0.611. The highest BCUT2D eigenvalue weighted by atomic mass is 19.1. The molecular weight excluding hydrogens is 318 g/mol. The van der Waals surface area contributed by atoms with Crippen LogP contribution in [-0.4, -0.2) is 19.7 Å². The van der Waals surface area contributed by atoms with Crippen molar-refractivity contribution in [1.82, 2.24) is 0 Å². The van der Waals surface area contributed by atoms with Crippen LogP contribution in [0.15, 0.2) is 48.7 Å². The highest BCUT2D eigenvalue weighted by molar-refractivity contribution is 6.16. The van der Waals surface area contributed by atoms with E-state index < -0.39 is 17.6 Å². The molecule has 0 saturated carbocycles. The monoisotopic (exact) mass is 334 g/mol. The Bertz CT molecular complexity index is 739. The number of benzene rings is 2. The molecule has 0 aliphatic carbocycles. The number of halogens is 2. The van der Waals surface area contributed by atoms with E-state index in [0.717, 1.165) is 18.4 Å². The highest BCUT2D eigenvalue weighted by Crippen LogP contribution is 2.23. The molecule has 0 radical (unpaired) electrons. The molecule has 0 aliphatic rings. The summed E-state index contributed by atoms with van der Waals surface area (Å²) in [4.78, 5) is 12.1. The Morgan fingerprint density at radius 2 is 1.83 bits per heavy atom. The van der Waals surface area contributed by atoms with E-state index in [-0.39, 0.29) is 17.9 Å². The van der Waals surface area contributed by atoms with E-state index in [2.05, 4.69) is 0 Å². The SMILES string of the molecule is CCOC(=O)C(=COc1ccc(F)cc1F)c1ccc(OC)cc1. The average molecular weight is 334 g/mol. The second kappa shape index (κ2) is 8.10. The topological polar surface area (TPSA) is 44.8 Å². The molecule has 2 aromatic carbocycles. The lowest BCUT2D eigenvalue weighted by molar-refractivity contribution is -0.136. The summed E-state index contributed by atoms with van der Waals surface area (Å²) >= 11 is 0. The standard InChI is InChI=1S/C18H16F2O4/c1-3-23-18(21)15(12-4-7-14(22-2)8-5-12)11-24-17-9-6-13(19)10-16(17)20/h4-11H,3H2,1-2H3. The van der Waals surface area contributed by atoms with E-state index in [1.54, 1.807) is 31.2 Å². The lowest BCUT2D eigenvalue weighted by atomic mass is 10.1. The third-order valence-electron chi connectivity index (χ3n) is 3.09. The molecule has 0 aromatic heterocycles. The quantitative estimate of drug-likeness (QED) is 0.456. The van der Waals surface area contributed by atoms with E-state index in [0.29, 0.717) is 17.4 Å². The normalized spacial score (nSPS) is 11.1. The predicted molar refractivity (Wildman–Crippen MR) is 84.6 cm³/mol. The van der Waals surface area contributed by atoms with Gasteiger partial charge in [-0.1, -0.05) is 12.1 Å². The van der Waals surface area contributed by atoms with Gasteiger partial charge in [0.05, 0.1) is 13.7 Å². The molecular formula is C18H16F2O4. The molecule has 0 amide bonds. The van der Waals surface area contributed by atoms with Crippen molar-refractivity contribution < 1.29 is 27.8 Å². The van der Waals surface area contributed by atoms with Crippen molar-refractivity contribution in [3.8, 4) is 11.5 Å². The van der Waals surface area contributed by atoms with Crippen molar-refractivity contribution >= 4 is 11.5 Å². The van der Waals surface area contributed by atoms with Crippen LogP contribution in [0.1, 0.15) is 12.5 Å². The number of rotatable bonds is 6. The lowest BCUT2D eigenvalue weighted by Crippen LogP contribution is -2.08. The van der Waals surface area contributed by atoms with E-state index in [1.807, 2.05) is 0 Å². The first-order chi connectivity index (χ1) is 11.5. The second-order valence-electron chi connectivity index (χ2n) is 4.67. The van der Waals surface area contributed by atoms with Crippen LogP contribution in [0.4, 0.5) is 8.78 Å². The summed E-state index contributed by atoms with van der Waals surface area (Å²) < 4.78 is 41.8. The number of esters is 1. The van der Waals surface area contributed by atoms with Gasteiger partial charge in [0.2, 0.25) is 0 Å². The first kappa shape index (κ1) is 17.5. The predicted octanol–water partition coefficient (Wildman–Crippen LogP) is 3.96.